The van der Waals surface area contributed by atoms with Gasteiger partial charge in [-0.15, -0.1) is 6.58 Å². The van der Waals surface area contributed by atoms with Gasteiger partial charge in [0, 0.05) is 37.4 Å². The van der Waals surface area contributed by atoms with E-state index in [9.17, 15) is 27.6 Å². The maximum Gasteiger partial charge on any atom is 0.408 e. The average molecular weight is 879 g/mol. The van der Waals surface area contributed by atoms with E-state index in [4.69, 9.17) is 23.9 Å². The third-order valence-corrected chi connectivity index (χ3v) is 15.1. The van der Waals surface area contributed by atoms with E-state index < -0.39 is 74.1 Å². The highest BCUT2D eigenvalue weighted by molar-refractivity contribution is 7.91. The van der Waals surface area contributed by atoms with Crippen LogP contribution in [-0.2, 0) is 40.3 Å². The fourth-order valence-corrected chi connectivity index (χ4v) is 10.5. The van der Waals surface area contributed by atoms with Crippen LogP contribution in [0.15, 0.2) is 36.9 Å². The molecule has 0 spiro atoms. The van der Waals surface area contributed by atoms with Crippen LogP contribution in [0.25, 0.3) is 10.9 Å². The zero-order valence-corrected chi connectivity index (χ0v) is 37.0. The Labute approximate surface area is 364 Å². The van der Waals surface area contributed by atoms with Gasteiger partial charge in [-0.25, -0.2) is 18.2 Å². The molecule has 0 radical (unpaired) electrons. The molecule has 4 heterocycles. The van der Waals surface area contributed by atoms with Crippen molar-refractivity contribution >= 4 is 44.7 Å². The van der Waals surface area contributed by atoms with Crippen LogP contribution in [0.1, 0.15) is 90.5 Å². The van der Waals surface area contributed by atoms with Gasteiger partial charge in [-0.1, -0.05) is 51.8 Å². The van der Waals surface area contributed by atoms with Crippen molar-refractivity contribution in [3.8, 4) is 11.6 Å². The number of nitrogens with one attached hydrogen (secondary N) is 3. The number of para-hydroxylation sites is 1. The molecule has 62 heavy (non-hydrogen) atoms. The third-order valence-electron chi connectivity index (χ3n) is 13.2. The molecule has 2 aromatic rings. The SMILES string of the molecule is C=C[C@@H]1C[C@]1(NC(=O)[C@@H]1C[C@@H]2CN1C(=O)[C@H](C(C)(C)C)NC(=O)O[C@@H]1C[C@H]1CCCCCc1c(nc3ccccc3c1OCCCN1CCOCC1)O2)C(=O)NS(=O)(=O)C1CC1. The van der Waals surface area contributed by atoms with E-state index in [0.717, 1.165) is 82.3 Å². The molecule has 5 fully saturated rings. The maximum atomic E-state index is 14.8. The number of sulfonamides is 1. The first-order valence-corrected chi connectivity index (χ1v) is 24.0. The second-order valence-electron chi connectivity index (χ2n) is 19.0. The third kappa shape index (κ3) is 9.84. The summed E-state index contributed by atoms with van der Waals surface area (Å²) in [4.78, 5) is 65.3. The van der Waals surface area contributed by atoms with Crippen LogP contribution < -0.4 is 24.8 Å². The van der Waals surface area contributed by atoms with Gasteiger partial charge < -0.3 is 34.5 Å². The number of carbonyl (C=O) groups excluding carboxylic acids is 4. The predicted molar refractivity (Wildman–Crippen MR) is 230 cm³/mol. The summed E-state index contributed by atoms with van der Waals surface area (Å²) in [5.74, 6) is -1.19. The summed E-state index contributed by atoms with van der Waals surface area (Å²) >= 11 is 0. The largest absolute Gasteiger partial charge is 0.492 e. The number of morpholine rings is 1. The lowest BCUT2D eigenvalue weighted by Gasteiger charge is -2.35. The molecular formula is C45H62N6O10S. The second kappa shape index (κ2) is 17.9. The first kappa shape index (κ1) is 44.1. The molecule has 0 unspecified atom stereocenters. The van der Waals surface area contributed by atoms with Crippen LogP contribution >= 0.6 is 0 Å². The summed E-state index contributed by atoms with van der Waals surface area (Å²) in [5.41, 5.74) is -0.850. The van der Waals surface area contributed by atoms with Gasteiger partial charge in [-0.2, -0.15) is 0 Å². The monoisotopic (exact) mass is 878 g/mol. The number of pyridine rings is 1. The first-order valence-electron chi connectivity index (χ1n) is 22.5. The Balaban J connectivity index is 1.11. The number of nitrogens with zero attached hydrogens (tertiary/aromatic N) is 3. The Morgan fingerprint density at radius 1 is 1.06 bits per heavy atom. The van der Waals surface area contributed by atoms with Gasteiger partial charge >= 0.3 is 6.09 Å². The lowest BCUT2D eigenvalue weighted by atomic mass is 9.85. The molecule has 6 aliphatic rings. The van der Waals surface area contributed by atoms with Crippen molar-refractivity contribution in [1.82, 2.24) is 30.1 Å². The van der Waals surface area contributed by atoms with Crippen LogP contribution in [0.5, 0.6) is 11.6 Å². The van der Waals surface area contributed by atoms with Gasteiger partial charge in [-0.3, -0.25) is 24.0 Å². The summed E-state index contributed by atoms with van der Waals surface area (Å²) in [7, 11) is -3.92. The molecule has 3 N–H and O–H groups in total. The molecule has 3 saturated carbocycles. The quantitative estimate of drug-likeness (QED) is 0.217. The number of aromatic nitrogens is 1. The Morgan fingerprint density at radius 3 is 2.56 bits per heavy atom. The Morgan fingerprint density at radius 2 is 1.84 bits per heavy atom. The van der Waals surface area contributed by atoms with E-state index in [-0.39, 0.29) is 31.4 Å². The van der Waals surface area contributed by atoms with Crippen molar-refractivity contribution in [3.63, 3.8) is 0 Å². The summed E-state index contributed by atoms with van der Waals surface area (Å²) < 4.78 is 52.8. The predicted octanol–water partition coefficient (Wildman–Crippen LogP) is 4.00. The fourth-order valence-electron chi connectivity index (χ4n) is 9.18. The number of amides is 4. The number of ether oxygens (including phenoxy) is 4. The number of benzene rings is 1. The minimum absolute atomic E-state index is 0.0309. The average Bonchev–Trinajstić information content (AvgIpc) is 4.17. The summed E-state index contributed by atoms with van der Waals surface area (Å²) in [6.07, 6.45) is 6.79. The van der Waals surface area contributed by atoms with Crippen molar-refractivity contribution < 1.29 is 46.5 Å². The molecule has 2 saturated heterocycles. The van der Waals surface area contributed by atoms with Crippen molar-refractivity contribution in [2.75, 3.05) is 46.0 Å². The van der Waals surface area contributed by atoms with E-state index in [2.05, 4.69) is 26.8 Å². The van der Waals surface area contributed by atoms with E-state index in [1.807, 2.05) is 45.0 Å². The van der Waals surface area contributed by atoms with Crippen molar-refractivity contribution in [2.24, 2.45) is 17.3 Å². The van der Waals surface area contributed by atoms with E-state index in [1.54, 1.807) is 0 Å². The van der Waals surface area contributed by atoms with E-state index >= 15 is 0 Å². The number of fused-ring (bicyclic) bond motifs is 5. The minimum Gasteiger partial charge on any atom is -0.492 e. The number of rotatable bonds is 11. The van der Waals surface area contributed by atoms with Crippen LogP contribution in [0.4, 0.5) is 4.79 Å². The Bertz CT molecular complexity index is 2150. The molecule has 1 aromatic heterocycles. The maximum absolute atomic E-state index is 14.8. The highest BCUT2D eigenvalue weighted by atomic mass is 32.2. The van der Waals surface area contributed by atoms with Gasteiger partial charge in [0.1, 0.15) is 35.6 Å². The van der Waals surface area contributed by atoms with E-state index in [1.165, 1.54) is 11.0 Å². The van der Waals surface area contributed by atoms with Crippen LogP contribution in [0.2, 0.25) is 0 Å². The smallest absolute Gasteiger partial charge is 0.408 e. The van der Waals surface area contributed by atoms with Crippen LogP contribution in [-0.4, -0.2) is 128 Å². The molecule has 1 aromatic carbocycles. The molecule has 2 bridgehead atoms. The Kier molecular flexibility index (Phi) is 12.8. The van der Waals surface area contributed by atoms with Gasteiger partial charge in [-0.05, 0) is 74.8 Å². The lowest BCUT2D eigenvalue weighted by molar-refractivity contribution is -0.142. The van der Waals surface area contributed by atoms with Gasteiger partial charge in [0.05, 0.1) is 42.7 Å². The highest BCUT2D eigenvalue weighted by Crippen LogP contribution is 2.46. The second-order valence-corrected chi connectivity index (χ2v) is 21.0. The first-order chi connectivity index (χ1) is 29.7. The fraction of sp³-hybridized carbons (Fsp3) is 0.667. The minimum atomic E-state index is -3.92. The molecular weight excluding hydrogens is 817 g/mol. The zero-order chi connectivity index (χ0) is 43.8. The van der Waals surface area contributed by atoms with Crippen molar-refractivity contribution in [3.05, 3.63) is 42.5 Å². The van der Waals surface area contributed by atoms with E-state index in [0.29, 0.717) is 43.0 Å². The number of hydrogen-bond donors (Lipinski definition) is 3. The molecule has 17 heteroatoms. The van der Waals surface area contributed by atoms with Crippen molar-refractivity contribution in [1.29, 1.82) is 0 Å². The number of alkyl carbamates (subject to hydrolysis) is 1. The normalized spacial score (nSPS) is 29.7. The number of hydrogen-bond acceptors (Lipinski definition) is 12. The summed E-state index contributed by atoms with van der Waals surface area (Å²) in [5, 5.41) is 5.91. The van der Waals surface area contributed by atoms with Crippen LogP contribution in [0, 0.1) is 17.3 Å². The number of carbonyl (C=O) groups is 4. The van der Waals surface area contributed by atoms with Gasteiger partial charge in [0.25, 0.3) is 5.91 Å². The molecule has 338 valence electrons. The summed E-state index contributed by atoms with van der Waals surface area (Å²) in [6, 6.07) is 5.55. The standard InChI is InChI=1S/C45H62N6O10S/c1-5-29-26-45(29,42(54)49-62(56,57)31-16-17-31)48-39(52)35-25-30-27-51(35)41(53)38(44(2,3)4)47-43(55)61-36-24-28(36)12-7-6-8-14-33-37(59-21-11-18-50-19-22-58-23-20-50)32-13-9-10-15-34(32)46-40(33)60-30/h5,9-10,13,15,28-31,35-36,38H,1,6-8,11-12,14,16-27H2,2-4H3,(H,47,55)(H,48,52)(H,49,54)/t28-,29-,30-,35+,36-,38-,45-/m1/s1. The van der Waals surface area contributed by atoms with Crippen LogP contribution in [0.3, 0.4) is 0 Å². The topological polar surface area (TPSA) is 195 Å². The van der Waals surface area contributed by atoms with Gasteiger partial charge in [0.15, 0.2) is 0 Å². The molecule has 8 rings (SSSR count). The molecule has 3 aliphatic carbocycles. The lowest BCUT2D eigenvalue weighted by Crippen LogP contribution is -2.60. The Hall–Kier alpha value is -4.48. The zero-order valence-electron chi connectivity index (χ0n) is 36.2. The summed E-state index contributed by atoms with van der Waals surface area (Å²) in [6.45, 7) is 13.9. The molecule has 4 amide bonds. The highest BCUT2D eigenvalue weighted by Gasteiger charge is 2.62. The molecule has 7 atom stereocenters. The van der Waals surface area contributed by atoms with Gasteiger partial charge in [0.2, 0.25) is 27.7 Å². The molecule has 16 nitrogen and oxygen atoms in total. The van der Waals surface area contributed by atoms with Crippen molar-refractivity contribution in [2.45, 2.75) is 126 Å². The molecule has 3 aliphatic heterocycles.